The molecule has 78 valence electrons. The molecule has 2 atom stereocenters. The van der Waals surface area contributed by atoms with Crippen molar-refractivity contribution in [3.05, 3.63) is 11.1 Å². The average Bonchev–Trinajstić information content (AvgIpc) is 2.23. The molecule has 2 aliphatic rings. The van der Waals surface area contributed by atoms with Gasteiger partial charge in [-0.05, 0) is 44.1 Å². The standard InChI is InChI=1S/C12H18O2/c1-8-11-5-4-10(14-2)7-9(11)3-6-12(8)13/h9-10H,3-7H2,1-2H3. The Morgan fingerprint density at radius 3 is 2.79 bits per heavy atom. The van der Waals surface area contributed by atoms with Crippen LogP contribution in [0.2, 0.25) is 0 Å². The van der Waals surface area contributed by atoms with E-state index in [9.17, 15) is 4.79 Å². The Balaban J connectivity index is 2.17. The largest absolute Gasteiger partial charge is 0.381 e. The summed E-state index contributed by atoms with van der Waals surface area (Å²) < 4.78 is 5.39. The molecule has 0 aromatic heterocycles. The van der Waals surface area contributed by atoms with Crippen LogP contribution >= 0.6 is 0 Å². The van der Waals surface area contributed by atoms with Gasteiger partial charge in [0.2, 0.25) is 0 Å². The Hall–Kier alpha value is -0.630. The van der Waals surface area contributed by atoms with Crippen LogP contribution in [0, 0.1) is 5.92 Å². The summed E-state index contributed by atoms with van der Waals surface area (Å²) in [6.45, 7) is 2.00. The Morgan fingerprint density at radius 1 is 1.29 bits per heavy atom. The molecule has 2 heteroatoms. The van der Waals surface area contributed by atoms with Crippen molar-refractivity contribution in [1.29, 1.82) is 0 Å². The molecule has 0 amide bonds. The lowest BCUT2D eigenvalue weighted by Gasteiger charge is -2.34. The zero-order valence-electron chi connectivity index (χ0n) is 9.01. The number of carbonyl (C=O) groups excluding carboxylic acids is 1. The molecule has 2 aliphatic carbocycles. The number of fused-ring (bicyclic) bond motifs is 1. The summed E-state index contributed by atoms with van der Waals surface area (Å²) >= 11 is 0. The van der Waals surface area contributed by atoms with Gasteiger partial charge in [0, 0.05) is 13.5 Å². The van der Waals surface area contributed by atoms with Crippen LogP contribution in [-0.2, 0) is 9.53 Å². The highest BCUT2D eigenvalue weighted by Gasteiger charge is 2.31. The van der Waals surface area contributed by atoms with Crippen LogP contribution in [0.1, 0.15) is 39.0 Å². The van der Waals surface area contributed by atoms with Crippen molar-refractivity contribution >= 4 is 5.78 Å². The molecular weight excluding hydrogens is 176 g/mol. The number of hydrogen-bond donors (Lipinski definition) is 0. The van der Waals surface area contributed by atoms with Gasteiger partial charge in [0.05, 0.1) is 6.10 Å². The molecule has 0 spiro atoms. The van der Waals surface area contributed by atoms with Crippen molar-refractivity contribution < 1.29 is 9.53 Å². The van der Waals surface area contributed by atoms with E-state index in [0.717, 1.165) is 37.7 Å². The van der Waals surface area contributed by atoms with Crippen molar-refractivity contribution in [3.8, 4) is 0 Å². The molecule has 0 radical (unpaired) electrons. The minimum absolute atomic E-state index is 0.368. The average molecular weight is 194 g/mol. The normalized spacial score (nSPS) is 33.1. The minimum atomic E-state index is 0.368. The Morgan fingerprint density at radius 2 is 2.07 bits per heavy atom. The van der Waals surface area contributed by atoms with Gasteiger partial charge >= 0.3 is 0 Å². The Labute approximate surface area is 85.3 Å². The zero-order chi connectivity index (χ0) is 10.1. The molecule has 0 aliphatic heterocycles. The first kappa shape index (κ1) is 9.91. The Kier molecular flexibility index (Phi) is 2.73. The zero-order valence-corrected chi connectivity index (χ0v) is 9.01. The molecule has 14 heavy (non-hydrogen) atoms. The Bertz CT molecular complexity index is 278. The third kappa shape index (κ3) is 1.63. The smallest absolute Gasteiger partial charge is 0.158 e. The van der Waals surface area contributed by atoms with Gasteiger partial charge in [-0.25, -0.2) is 0 Å². The number of hydrogen-bond acceptors (Lipinski definition) is 2. The van der Waals surface area contributed by atoms with E-state index in [1.165, 1.54) is 5.57 Å². The topological polar surface area (TPSA) is 26.3 Å². The molecule has 0 heterocycles. The quantitative estimate of drug-likeness (QED) is 0.641. The number of rotatable bonds is 1. The molecule has 2 rings (SSSR count). The van der Waals surface area contributed by atoms with E-state index in [1.54, 1.807) is 7.11 Å². The van der Waals surface area contributed by atoms with Crippen molar-refractivity contribution in [2.45, 2.75) is 45.1 Å². The van der Waals surface area contributed by atoms with E-state index < -0.39 is 0 Å². The maximum absolute atomic E-state index is 11.5. The van der Waals surface area contributed by atoms with Crippen LogP contribution in [0.15, 0.2) is 11.1 Å². The number of carbonyl (C=O) groups is 1. The maximum Gasteiger partial charge on any atom is 0.158 e. The lowest BCUT2D eigenvalue weighted by molar-refractivity contribution is -0.116. The van der Waals surface area contributed by atoms with Crippen molar-refractivity contribution in [3.63, 3.8) is 0 Å². The summed E-state index contributed by atoms with van der Waals surface area (Å²) in [6, 6.07) is 0. The van der Waals surface area contributed by atoms with E-state index in [2.05, 4.69) is 0 Å². The van der Waals surface area contributed by atoms with Gasteiger partial charge in [0.25, 0.3) is 0 Å². The lowest BCUT2D eigenvalue weighted by Crippen LogP contribution is -2.28. The summed E-state index contributed by atoms with van der Waals surface area (Å²) in [5.74, 6) is 0.999. The number of methoxy groups -OCH3 is 1. The van der Waals surface area contributed by atoms with Crippen LogP contribution in [0.25, 0.3) is 0 Å². The first-order valence-corrected chi connectivity index (χ1v) is 5.48. The molecule has 0 bridgehead atoms. The minimum Gasteiger partial charge on any atom is -0.381 e. The van der Waals surface area contributed by atoms with Crippen LogP contribution in [0.5, 0.6) is 0 Å². The van der Waals surface area contributed by atoms with Crippen LogP contribution in [-0.4, -0.2) is 19.0 Å². The third-order valence-electron chi connectivity index (χ3n) is 3.73. The van der Waals surface area contributed by atoms with Crippen LogP contribution in [0.4, 0.5) is 0 Å². The van der Waals surface area contributed by atoms with Gasteiger partial charge in [-0.15, -0.1) is 0 Å². The molecular formula is C12H18O2. The highest BCUT2D eigenvalue weighted by atomic mass is 16.5. The summed E-state index contributed by atoms with van der Waals surface area (Å²) in [5, 5.41) is 0. The molecule has 0 aromatic rings. The second-order valence-corrected chi connectivity index (χ2v) is 4.44. The molecule has 1 fully saturated rings. The fraction of sp³-hybridized carbons (Fsp3) is 0.750. The molecule has 0 N–H and O–H groups in total. The second-order valence-electron chi connectivity index (χ2n) is 4.44. The highest BCUT2D eigenvalue weighted by molar-refractivity contribution is 5.96. The maximum atomic E-state index is 11.5. The van der Waals surface area contributed by atoms with Crippen molar-refractivity contribution in [1.82, 2.24) is 0 Å². The molecule has 0 saturated heterocycles. The lowest BCUT2D eigenvalue weighted by atomic mass is 9.73. The van der Waals surface area contributed by atoms with Gasteiger partial charge < -0.3 is 4.74 Å². The number of ether oxygens (including phenoxy) is 1. The monoisotopic (exact) mass is 194 g/mol. The van der Waals surface area contributed by atoms with E-state index >= 15 is 0 Å². The van der Waals surface area contributed by atoms with Gasteiger partial charge in [0.15, 0.2) is 5.78 Å². The number of allylic oxidation sites excluding steroid dienone is 2. The predicted molar refractivity (Wildman–Crippen MR) is 55.1 cm³/mol. The van der Waals surface area contributed by atoms with E-state index in [1.807, 2.05) is 6.92 Å². The summed E-state index contributed by atoms with van der Waals surface area (Å²) in [4.78, 5) is 11.5. The van der Waals surface area contributed by atoms with Gasteiger partial charge in [-0.3, -0.25) is 4.79 Å². The highest BCUT2D eigenvalue weighted by Crippen LogP contribution is 2.39. The molecule has 2 unspecified atom stereocenters. The SMILES string of the molecule is COC1CCC2=C(C)C(=O)CCC2C1. The van der Waals surface area contributed by atoms with Crippen molar-refractivity contribution in [2.24, 2.45) is 5.92 Å². The third-order valence-corrected chi connectivity index (χ3v) is 3.73. The van der Waals surface area contributed by atoms with E-state index in [-0.39, 0.29) is 0 Å². The van der Waals surface area contributed by atoms with E-state index in [0.29, 0.717) is 17.8 Å². The predicted octanol–water partition coefficient (Wildman–Crippen LogP) is 2.48. The second kappa shape index (κ2) is 3.85. The fourth-order valence-electron chi connectivity index (χ4n) is 2.77. The first-order valence-electron chi connectivity index (χ1n) is 5.48. The summed E-state index contributed by atoms with van der Waals surface area (Å²) in [7, 11) is 1.79. The summed E-state index contributed by atoms with van der Waals surface area (Å²) in [6.07, 6.45) is 5.50. The number of Topliss-reactive ketones (excluding diaryl/α,β-unsaturated/α-hetero) is 1. The first-order chi connectivity index (χ1) is 6.72. The van der Waals surface area contributed by atoms with Gasteiger partial charge in [-0.2, -0.15) is 0 Å². The number of ketones is 1. The van der Waals surface area contributed by atoms with Crippen molar-refractivity contribution in [2.75, 3.05) is 7.11 Å². The van der Waals surface area contributed by atoms with Crippen LogP contribution < -0.4 is 0 Å². The fourth-order valence-corrected chi connectivity index (χ4v) is 2.77. The molecule has 1 saturated carbocycles. The summed E-state index contributed by atoms with van der Waals surface area (Å²) in [5.41, 5.74) is 2.48. The molecule has 0 aromatic carbocycles. The van der Waals surface area contributed by atoms with Gasteiger partial charge in [-0.1, -0.05) is 5.57 Å². The molecule has 2 nitrogen and oxygen atoms in total. The van der Waals surface area contributed by atoms with Crippen LogP contribution in [0.3, 0.4) is 0 Å². The van der Waals surface area contributed by atoms with Gasteiger partial charge in [0.1, 0.15) is 0 Å². The van der Waals surface area contributed by atoms with E-state index in [4.69, 9.17) is 4.74 Å².